The molecule has 1 unspecified atom stereocenters. The number of carbonyl (C=O) groups is 1. The van der Waals surface area contributed by atoms with Gasteiger partial charge in [0, 0.05) is 30.6 Å². The van der Waals surface area contributed by atoms with Crippen molar-refractivity contribution < 1.29 is 14.3 Å². The maximum atomic E-state index is 12.6. The van der Waals surface area contributed by atoms with Gasteiger partial charge in [-0.3, -0.25) is 4.79 Å². The summed E-state index contributed by atoms with van der Waals surface area (Å²) in [5.74, 6) is 1.81. The Hall–Kier alpha value is -1.56. The van der Waals surface area contributed by atoms with Gasteiger partial charge in [0.2, 0.25) is 0 Å². The highest BCUT2D eigenvalue weighted by atomic mass is 32.2. The van der Waals surface area contributed by atoms with Gasteiger partial charge in [-0.1, -0.05) is 6.92 Å². The summed E-state index contributed by atoms with van der Waals surface area (Å²) in [6, 6.07) is 3.44. The summed E-state index contributed by atoms with van der Waals surface area (Å²) in [4.78, 5) is 14.4. The zero-order valence-corrected chi connectivity index (χ0v) is 14.1. The highest BCUT2D eigenvalue weighted by Crippen LogP contribution is 2.32. The van der Waals surface area contributed by atoms with E-state index in [-0.39, 0.29) is 11.9 Å². The molecule has 0 fully saturated rings. The van der Waals surface area contributed by atoms with E-state index in [4.69, 9.17) is 15.2 Å². The number of carbonyl (C=O) groups excluding carboxylic acids is 1. The molecule has 2 N–H and O–H groups in total. The Bertz CT molecular complexity index is 494. The lowest BCUT2D eigenvalue weighted by Crippen LogP contribution is -2.38. The SMILES string of the molecule is CCC(CSC)N(C)C(=O)c1cc(OC)c(OC)cc1N. The third-order valence-corrected chi connectivity index (χ3v) is 4.20. The molecule has 0 aliphatic carbocycles. The van der Waals surface area contributed by atoms with Crippen LogP contribution in [0.2, 0.25) is 0 Å². The second-order valence-corrected chi connectivity index (χ2v) is 5.64. The fraction of sp³-hybridized carbons (Fsp3) is 0.533. The second-order valence-electron chi connectivity index (χ2n) is 4.73. The predicted molar refractivity (Wildman–Crippen MR) is 88.5 cm³/mol. The van der Waals surface area contributed by atoms with E-state index in [2.05, 4.69) is 6.92 Å². The smallest absolute Gasteiger partial charge is 0.256 e. The molecule has 1 aromatic rings. The lowest BCUT2D eigenvalue weighted by Gasteiger charge is -2.27. The van der Waals surface area contributed by atoms with Crippen LogP contribution in [-0.4, -0.2) is 50.1 Å². The van der Waals surface area contributed by atoms with Crippen molar-refractivity contribution in [2.24, 2.45) is 0 Å². The number of hydrogen-bond acceptors (Lipinski definition) is 5. The van der Waals surface area contributed by atoms with Crippen LogP contribution in [-0.2, 0) is 0 Å². The standard InChI is InChI=1S/C15H24N2O3S/c1-6-10(9-21-5)17(2)15(18)11-7-13(19-3)14(20-4)8-12(11)16/h7-8,10H,6,9,16H2,1-5H3. The van der Waals surface area contributed by atoms with E-state index in [0.29, 0.717) is 22.7 Å². The molecular formula is C15H24N2O3S. The molecule has 0 spiro atoms. The molecule has 0 bridgehead atoms. The van der Waals surface area contributed by atoms with Crippen molar-refractivity contribution in [1.82, 2.24) is 4.90 Å². The van der Waals surface area contributed by atoms with E-state index in [9.17, 15) is 4.79 Å². The second kappa shape index (κ2) is 8.02. The fourth-order valence-corrected chi connectivity index (χ4v) is 2.98. The van der Waals surface area contributed by atoms with Gasteiger partial charge in [-0.05, 0) is 18.7 Å². The molecule has 1 rings (SSSR count). The first-order chi connectivity index (χ1) is 9.99. The number of nitrogen functional groups attached to an aromatic ring is 1. The molecule has 0 saturated heterocycles. The monoisotopic (exact) mass is 312 g/mol. The lowest BCUT2D eigenvalue weighted by atomic mass is 10.1. The minimum absolute atomic E-state index is 0.102. The molecule has 21 heavy (non-hydrogen) atoms. The van der Waals surface area contributed by atoms with Gasteiger partial charge in [-0.25, -0.2) is 0 Å². The Morgan fingerprint density at radius 2 is 1.90 bits per heavy atom. The average Bonchev–Trinajstić information content (AvgIpc) is 2.50. The lowest BCUT2D eigenvalue weighted by molar-refractivity contribution is 0.0744. The summed E-state index contributed by atoms with van der Waals surface area (Å²) in [5.41, 5.74) is 6.82. The number of anilines is 1. The maximum absolute atomic E-state index is 12.6. The number of ether oxygens (including phenoxy) is 2. The average molecular weight is 312 g/mol. The number of methoxy groups -OCH3 is 2. The molecule has 0 saturated carbocycles. The normalized spacial score (nSPS) is 11.9. The summed E-state index contributed by atoms with van der Waals surface area (Å²) in [5, 5.41) is 0. The Kier molecular flexibility index (Phi) is 6.68. The van der Waals surface area contributed by atoms with Crippen LogP contribution in [0.4, 0.5) is 5.69 Å². The van der Waals surface area contributed by atoms with Gasteiger partial charge in [0.15, 0.2) is 11.5 Å². The summed E-state index contributed by atoms with van der Waals surface area (Å²) < 4.78 is 10.4. The summed E-state index contributed by atoms with van der Waals surface area (Å²) in [6.07, 6.45) is 2.93. The first-order valence-electron chi connectivity index (χ1n) is 6.77. The van der Waals surface area contributed by atoms with Gasteiger partial charge in [0.1, 0.15) is 0 Å². The van der Waals surface area contributed by atoms with E-state index in [0.717, 1.165) is 12.2 Å². The zero-order chi connectivity index (χ0) is 16.0. The van der Waals surface area contributed by atoms with Gasteiger partial charge in [0.05, 0.1) is 19.8 Å². The van der Waals surface area contributed by atoms with Crippen molar-refractivity contribution in [3.8, 4) is 11.5 Å². The molecule has 1 amide bonds. The van der Waals surface area contributed by atoms with Gasteiger partial charge in [-0.2, -0.15) is 11.8 Å². The number of hydrogen-bond donors (Lipinski definition) is 1. The topological polar surface area (TPSA) is 64.8 Å². The molecule has 0 radical (unpaired) electrons. The number of nitrogens with zero attached hydrogens (tertiary/aromatic N) is 1. The molecule has 1 aromatic carbocycles. The number of nitrogens with two attached hydrogens (primary N) is 1. The van der Waals surface area contributed by atoms with Gasteiger partial charge >= 0.3 is 0 Å². The molecule has 0 aliphatic rings. The first-order valence-corrected chi connectivity index (χ1v) is 8.17. The van der Waals surface area contributed by atoms with Crippen molar-refractivity contribution in [2.45, 2.75) is 19.4 Å². The summed E-state index contributed by atoms with van der Waals surface area (Å²) in [6.45, 7) is 2.07. The third kappa shape index (κ3) is 3.97. The van der Waals surface area contributed by atoms with Crippen LogP contribution >= 0.6 is 11.8 Å². The quantitative estimate of drug-likeness (QED) is 0.784. The van der Waals surface area contributed by atoms with Crippen LogP contribution in [0, 0.1) is 0 Å². The Morgan fingerprint density at radius 3 is 2.38 bits per heavy atom. The van der Waals surface area contributed by atoms with Crippen molar-refractivity contribution in [2.75, 3.05) is 39.0 Å². The van der Waals surface area contributed by atoms with E-state index >= 15 is 0 Å². The minimum Gasteiger partial charge on any atom is -0.493 e. The first kappa shape index (κ1) is 17.5. The van der Waals surface area contributed by atoms with E-state index in [1.165, 1.54) is 14.2 Å². The van der Waals surface area contributed by atoms with Crippen molar-refractivity contribution in [3.05, 3.63) is 17.7 Å². The molecule has 0 aromatic heterocycles. The van der Waals surface area contributed by atoms with Crippen molar-refractivity contribution in [3.63, 3.8) is 0 Å². The van der Waals surface area contributed by atoms with E-state index < -0.39 is 0 Å². The summed E-state index contributed by atoms with van der Waals surface area (Å²) in [7, 11) is 4.88. The molecule has 0 aliphatic heterocycles. The van der Waals surface area contributed by atoms with Crippen LogP contribution in [0.25, 0.3) is 0 Å². The maximum Gasteiger partial charge on any atom is 0.256 e. The molecular weight excluding hydrogens is 288 g/mol. The van der Waals surface area contributed by atoms with Gasteiger partial charge in [0.25, 0.3) is 5.91 Å². The van der Waals surface area contributed by atoms with Gasteiger partial charge < -0.3 is 20.1 Å². The van der Waals surface area contributed by atoms with Crippen LogP contribution in [0.5, 0.6) is 11.5 Å². The Morgan fingerprint density at radius 1 is 1.33 bits per heavy atom. The van der Waals surface area contributed by atoms with Crippen LogP contribution in [0.15, 0.2) is 12.1 Å². The Labute approximate surface area is 130 Å². The number of thioether (sulfide) groups is 1. The predicted octanol–water partition coefficient (Wildman–Crippen LogP) is 2.50. The molecule has 118 valence electrons. The highest BCUT2D eigenvalue weighted by Gasteiger charge is 2.23. The highest BCUT2D eigenvalue weighted by molar-refractivity contribution is 7.98. The fourth-order valence-electron chi connectivity index (χ4n) is 2.13. The minimum atomic E-state index is -0.102. The summed E-state index contributed by atoms with van der Waals surface area (Å²) >= 11 is 1.72. The Balaban J connectivity index is 3.11. The number of amides is 1. The third-order valence-electron chi connectivity index (χ3n) is 3.48. The van der Waals surface area contributed by atoms with Crippen LogP contribution < -0.4 is 15.2 Å². The number of benzene rings is 1. The molecule has 6 heteroatoms. The van der Waals surface area contributed by atoms with E-state index in [1.807, 2.05) is 13.3 Å². The van der Waals surface area contributed by atoms with Gasteiger partial charge in [-0.15, -0.1) is 0 Å². The van der Waals surface area contributed by atoms with Crippen molar-refractivity contribution >= 4 is 23.4 Å². The largest absolute Gasteiger partial charge is 0.493 e. The number of rotatable bonds is 7. The molecule has 5 nitrogen and oxygen atoms in total. The van der Waals surface area contributed by atoms with Crippen LogP contribution in [0.1, 0.15) is 23.7 Å². The molecule has 0 heterocycles. The molecule has 1 atom stereocenters. The van der Waals surface area contributed by atoms with Crippen molar-refractivity contribution in [1.29, 1.82) is 0 Å². The van der Waals surface area contributed by atoms with Crippen LogP contribution in [0.3, 0.4) is 0 Å². The zero-order valence-electron chi connectivity index (χ0n) is 13.3. The van der Waals surface area contributed by atoms with E-state index in [1.54, 1.807) is 28.8 Å².